The van der Waals surface area contributed by atoms with Crippen LogP contribution < -0.4 is 0 Å². The van der Waals surface area contributed by atoms with Crippen LogP contribution in [0.1, 0.15) is 13.8 Å². The molecule has 0 aromatic carbocycles. The molecule has 0 saturated heterocycles. The van der Waals surface area contributed by atoms with Gasteiger partial charge in [0, 0.05) is 17.8 Å². The number of hydrogen-bond acceptors (Lipinski definition) is 2. The molecular formula is C12H13NO2. The third-order valence-electron chi connectivity index (χ3n) is 2.06. The summed E-state index contributed by atoms with van der Waals surface area (Å²) in [6.07, 6.45) is 7.67. The van der Waals surface area contributed by atoms with Crippen LogP contribution in [-0.4, -0.2) is 16.7 Å². The predicted octanol–water partition coefficient (Wildman–Crippen LogP) is 1.95. The van der Waals surface area contributed by atoms with Crippen LogP contribution in [0.3, 0.4) is 0 Å². The fourth-order valence-electron chi connectivity index (χ4n) is 1.22. The van der Waals surface area contributed by atoms with Crippen LogP contribution in [-0.2, 0) is 9.59 Å². The minimum Gasteiger partial charge on any atom is -0.269 e. The Bertz CT molecular complexity index is 382. The Balaban J connectivity index is 3.00. The highest BCUT2D eigenvalue weighted by atomic mass is 16.2. The second kappa shape index (κ2) is 4.55. The van der Waals surface area contributed by atoms with Crippen molar-refractivity contribution in [1.29, 1.82) is 0 Å². The molecule has 0 N–H and O–H groups in total. The van der Waals surface area contributed by atoms with Crippen molar-refractivity contribution < 1.29 is 9.59 Å². The lowest BCUT2D eigenvalue weighted by molar-refractivity contribution is -0.134. The molecule has 0 bridgehead atoms. The van der Waals surface area contributed by atoms with Gasteiger partial charge < -0.3 is 0 Å². The summed E-state index contributed by atoms with van der Waals surface area (Å²) in [5.41, 5.74) is 1.48. The van der Waals surface area contributed by atoms with Gasteiger partial charge >= 0.3 is 0 Å². The van der Waals surface area contributed by atoms with Crippen LogP contribution in [0.2, 0.25) is 0 Å². The van der Waals surface area contributed by atoms with E-state index in [4.69, 9.17) is 0 Å². The van der Waals surface area contributed by atoms with Crippen molar-refractivity contribution in [2.24, 2.45) is 0 Å². The van der Waals surface area contributed by atoms with Crippen LogP contribution in [0.4, 0.5) is 0 Å². The van der Waals surface area contributed by atoms with Crippen molar-refractivity contribution in [1.82, 2.24) is 4.90 Å². The van der Waals surface area contributed by atoms with Crippen LogP contribution in [0, 0.1) is 0 Å². The second-order valence-electron chi connectivity index (χ2n) is 3.15. The quantitative estimate of drug-likeness (QED) is 0.519. The number of carbonyl (C=O) groups excluding carboxylic acids is 2. The molecule has 0 unspecified atom stereocenters. The van der Waals surface area contributed by atoms with Gasteiger partial charge in [0.2, 0.25) is 0 Å². The molecular weight excluding hydrogens is 190 g/mol. The van der Waals surface area contributed by atoms with Gasteiger partial charge in [-0.2, -0.15) is 0 Å². The molecule has 0 atom stereocenters. The Morgan fingerprint density at radius 1 is 1.33 bits per heavy atom. The number of rotatable bonds is 3. The van der Waals surface area contributed by atoms with Gasteiger partial charge in [0.15, 0.2) is 0 Å². The normalized spacial score (nSPS) is 17.6. The summed E-state index contributed by atoms with van der Waals surface area (Å²) in [6.45, 7) is 7.25. The maximum atomic E-state index is 11.4. The maximum Gasteiger partial charge on any atom is 0.258 e. The zero-order valence-electron chi connectivity index (χ0n) is 8.86. The molecule has 0 aliphatic carbocycles. The minimum absolute atomic E-state index is 0.304. The highest BCUT2D eigenvalue weighted by Crippen LogP contribution is 2.15. The highest BCUT2D eigenvalue weighted by molar-refractivity contribution is 6.14. The van der Waals surface area contributed by atoms with Gasteiger partial charge in [0.25, 0.3) is 11.8 Å². The molecule has 15 heavy (non-hydrogen) atoms. The average molecular weight is 203 g/mol. The summed E-state index contributed by atoms with van der Waals surface area (Å²) in [5, 5.41) is 0. The van der Waals surface area contributed by atoms with Crippen molar-refractivity contribution in [2.45, 2.75) is 13.8 Å². The van der Waals surface area contributed by atoms with Gasteiger partial charge in [0.05, 0.1) is 0 Å². The SMILES string of the molecule is C=C/C(C)=C\C(=C/C)N1C(=O)C=CC1=O. The van der Waals surface area contributed by atoms with Crippen molar-refractivity contribution in [3.05, 3.63) is 48.2 Å². The third kappa shape index (κ3) is 2.31. The molecule has 1 rings (SSSR count). The Morgan fingerprint density at radius 3 is 2.27 bits per heavy atom. The van der Waals surface area contributed by atoms with Gasteiger partial charge in [0.1, 0.15) is 0 Å². The van der Waals surface area contributed by atoms with E-state index in [0.717, 1.165) is 10.5 Å². The zero-order chi connectivity index (χ0) is 11.4. The first-order chi connectivity index (χ1) is 7.10. The average Bonchev–Trinajstić information content (AvgIpc) is 2.55. The zero-order valence-corrected chi connectivity index (χ0v) is 8.86. The summed E-state index contributed by atoms with van der Waals surface area (Å²) in [5.74, 6) is -0.609. The van der Waals surface area contributed by atoms with Crippen LogP contribution in [0.5, 0.6) is 0 Å². The van der Waals surface area contributed by atoms with Crippen molar-refractivity contribution in [2.75, 3.05) is 0 Å². The molecule has 0 saturated carbocycles. The van der Waals surface area contributed by atoms with E-state index in [0.29, 0.717) is 5.70 Å². The van der Waals surface area contributed by atoms with Crippen LogP contribution >= 0.6 is 0 Å². The largest absolute Gasteiger partial charge is 0.269 e. The maximum absolute atomic E-state index is 11.4. The van der Waals surface area contributed by atoms with Crippen LogP contribution in [0.15, 0.2) is 48.2 Å². The lowest BCUT2D eigenvalue weighted by atomic mass is 10.2. The number of imide groups is 1. The first-order valence-electron chi connectivity index (χ1n) is 4.63. The first kappa shape index (κ1) is 11.2. The standard InChI is InChI=1S/C12H13NO2/c1-4-9(3)8-10(5-2)13-11(14)6-7-12(13)15/h4-8H,1H2,2-3H3/b9-8-,10-5+. The van der Waals surface area contributed by atoms with E-state index >= 15 is 0 Å². The Labute approximate surface area is 89.1 Å². The monoisotopic (exact) mass is 203 g/mol. The topological polar surface area (TPSA) is 37.4 Å². The van der Waals surface area contributed by atoms with Crippen molar-refractivity contribution in [3.63, 3.8) is 0 Å². The Morgan fingerprint density at radius 2 is 1.87 bits per heavy atom. The Kier molecular flexibility index (Phi) is 3.39. The predicted molar refractivity (Wildman–Crippen MR) is 58.7 cm³/mol. The number of allylic oxidation sites excluding steroid dienone is 4. The number of carbonyl (C=O) groups is 2. The van der Waals surface area contributed by atoms with Gasteiger partial charge in [-0.3, -0.25) is 9.59 Å². The van der Waals surface area contributed by atoms with Crippen molar-refractivity contribution in [3.8, 4) is 0 Å². The molecule has 0 radical (unpaired) electrons. The Hall–Kier alpha value is -1.90. The third-order valence-corrected chi connectivity index (χ3v) is 2.06. The number of amides is 2. The molecule has 1 heterocycles. The second-order valence-corrected chi connectivity index (χ2v) is 3.15. The van der Waals surface area contributed by atoms with E-state index in [2.05, 4.69) is 6.58 Å². The van der Waals surface area contributed by atoms with Crippen molar-refractivity contribution >= 4 is 11.8 Å². The molecule has 0 fully saturated rings. The van der Waals surface area contributed by atoms with Crippen LogP contribution in [0.25, 0.3) is 0 Å². The molecule has 1 aliphatic rings. The highest BCUT2D eigenvalue weighted by Gasteiger charge is 2.25. The van der Waals surface area contributed by atoms with E-state index in [1.54, 1.807) is 25.2 Å². The molecule has 3 heteroatoms. The molecule has 78 valence electrons. The van der Waals surface area contributed by atoms with Gasteiger partial charge in [-0.25, -0.2) is 4.90 Å². The smallest absolute Gasteiger partial charge is 0.258 e. The minimum atomic E-state index is -0.304. The number of hydrogen-bond donors (Lipinski definition) is 0. The molecule has 0 spiro atoms. The summed E-state index contributed by atoms with van der Waals surface area (Å²) >= 11 is 0. The van der Waals surface area contributed by atoms with Gasteiger partial charge in [-0.1, -0.05) is 18.7 Å². The first-order valence-corrected chi connectivity index (χ1v) is 4.63. The lowest BCUT2D eigenvalue weighted by Crippen LogP contribution is -2.28. The molecule has 2 amide bonds. The van der Waals surface area contributed by atoms with E-state index in [-0.39, 0.29) is 11.8 Å². The number of nitrogens with zero attached hydrogens (tertiary/aromatic N) is 1. The van der Waals surface area contributed by atoms with E-state index < -0.39 is 0 Å². The molecule has 0 aromatic heterocycles. The van der Waals surface area contributed by atoms with Gasteiger partial charge in [-0.15, -0.1) is 0 Å². The fourth-order valence-corrected chi connectivity index (χ4v) is 1.22. The summed E-state index contributed by atoms with van der Waals surface area (Å²) in [6, 6.07) is 0. The summed E-state index contributed by atoms with van der Waals surface area (Å²) in [4.78, 5) is 23.9. The van der Waals surface area contributed by atoms with Gasteiger partial charge in [-0.05, 0) is 25.5 Å². The van der Waals surface area contributed by atoms with E-state index in [9.17, 15) is 9.59 Å². The summed E-state index contributed by atoms with van der Waals surface area (Å²) in [7, 11) is 0. The molecule has 3 nitrogen and oxygen atoms in total. The summed E-state index contributed by atoms with van der Waals surface area (Å²) < 4.78 is 0. The molecule has 0 aromatic rings. The van der Waals surface area contributed by atoms with E-state index in [1.165, 1.54) is 12.2 Å². The van der Waals surface area contributed by atoms with E-state index in [1.807, 2.05) is 6.92 Å². The fraction of sp³-hybridized carbons (Fsp3) is 0.167. The lowest BCUT2D eigenvalue weighted by Gasteiger charge is -2.14. The molecule has 1 aliphatic heterocycles.